The van der Waals surface area contributed by atoms with Crippen LogP contribution in [0, 0.1) is 5.82 Å². The molecule has 1 aliphatic heterocycles. The second-order valence-electron chi connectivity index (χ2n) is 6.59. The lowest BCUT2D eigenvalue weighted by atomic mass is 10.0. The van der Waals surface area contributed by atoms with Crippen molar-refractivity contribution in [3.05, 3.63) is 70.5 Å². The number of halogens is 2. The van der Waals surface area contributed by atoms with Gasteiger partial charge in [0, 0.05) is 24.2 Å². The largest absolute Gasteiger partial charge is 0.349 e. The van der Waals surface area contributed by atoms with Gasteiger partial charge in [-0.2, -0.15) is 0 Å². The third kappa shape index (κ3) is 4.64. The molecule has 1 heterocycles. The molecule has 1 aliphatic rings. The van der Waals surface area contributed by atoms with Gasteiger partial charge in [-0.05, 0) is 42.7 Å². The Hall–Kier alpha value is -2.44. The highest BCUT2D eigenvalue weighted by Gasteiger charge is 2.28. The fourth-order valence-corrected chi connectivity index (χ4v) is 3.39. The average Bonchev–Trinajstić information content (AvgIpc) is 2.67. The van der Waals surface area contributed by atoms with Crippen LogP contribution in [0.5, 0.6) is 0 Å². The summed E-state index contributed by atoms with van der Waals surface area (Å²) in [5.74, 6) is -1.15. The minimum atomic E-state index is -0.770. The van der Waals surface area contributed by atoms with Crippen LogP contribution in [0.25, 0.3) is 0 Å². The van der Waals surface area contributed by atoms with E-state index >= 15 is 0 Å². The molecule has 0 saturated carbocycles. The molecular weight excluding hydrogens is 369 g/mol. The number of hydrogen-bond acceptors (Lipinski definition) is 3. The molecule has 27 heavy (non-hydrogen) atoms. The Morgan fingerprint density at radius 1 is 1.15 bits per heavy atom. The number of rotatable bonds is 4. The fraction of sp³-hybridized carbons (Fsp3) is 0.300. The van der Waals surface area contributed by atoms with Gasteiger partial charge in [-0.15, -0.1) is 0 Å². The first-order valence-corrected chi connectivity index (χ1v) is 9.18. The van der Waals surface area contributed by atoms with Gasteiger partial charge >= 0.3 is 0 Å². The van der Waals surface area contributed by atoms with Crippen molar-refractivity contribution in [3.8, 4) is 0 Å². The van der Waals surface area contributed by atoms with Gasteiger partial charge in [0.25, 0.3) is 5.91 Å². The van der Waals surface area contributed by atoms with Gasteiger partial charge in [-0.3, -0.25) is 9.59 Å². The molecule has 0 spiro atoms. The summed E-state index contributed by atoms with van der Waals surface area (Å²) < 4.78 is 13.7. The van der Waals surface area contributed by atoms with E-state index in [2.05, 4.69) is 5.32 Å². The van der Waals surface area contributed by atoms with Crippen LogP contribution in [0.2, 0.25) is 5.02 Å². The Labute approximate surface area is 162 Å². The van der Waals surface area contributed by atoms with Crippen molar-refractivity contribution < 1.29 is 14.0 Å². The summed E-state index contributed by atoms with van der Waals surface area (Å²) in [5, 5.41) is 3.37. The number of carbonyl (C=O) groups excluding carboxylic acids is 2. The quantitative estimate of drug-likeness (QED) is 0.844. The van der Waals surface area contributed by atoms with Crippen molar-refractivity contribution in [1.82, 2.24) is 10.2 Å². The average molecular weight is 390 g/mol. The van der Waals surface area contributed by atoms with Gasteiger partial charge in [0.15, 0.2) is 0 Å². The third-order valence-corrected chi connectivity index (χ3v) is 4.97. The molecule has 1 saturated heterocycles. The van der Waals surface area contributed by atoms with Gasteiger partial charge < -0.3 is 16.0 Å². The molecular formula is C20H21ClFN3O2. The van der Waals surface area contributed by atoms with Gasteiger partial charge in [0.2, 0.25) is 5.91 Å². The zero-order chi connectivity index (χ0) is 19.4. The molecule has 0 unspecified atom stereocenters. The van der Waals surface area contributed by atoms with Gasteiger partial charge in [-0.25, -0.2) is 4.39 Å². The van der Waals surface area contributed by atoms with E-state index in [1.807, 2.05) is 0 Å². The minimum Gasteiger partial charge on any atom is -0.349 e. The molecule has 1 fully saturated rings. The van der Waals surface area contributed by atoms with E-state index in [4.69, 9.17) is 17.3 Å². The van der Waals surface area contributed by atoms with Crippen LogP contribution in [0.4, 0.5) is 4.39 Å². The van der Waals surface area contributed by atoms with Crippen molar-refractivity contribution >= 4 is 23.4 Å². The number of benzene rings is 2. The summed E-state index contributed by atoms with van der Waals surface area (Å²) in [7, 11) is 0. The predicted octanol–water partition coefficient (Wildman–Crippen LogP) is 2.90. The molecule has 2 amide bonds. The molecule has 7 heteroatoms. The Bertz CT molecular complexity index is 837. The summed E-state index contributed by atoms with van der Waals surface area (Å²) in [5.41, 5.74) is 6.78. The summed E-state index contributed by atoms with van der Waals surface area (Å²) >= 11 is 5.96. The lowest BCUT2D eigenvalue weighted by Crippen LogP contribution is -2.48. The second-order valence-corrected chi connectivity index (χ2v) is 7.02. The van der Waals surface area contributed by atoms with E-state index in [1.165, 1.54) is 12.1 Å². The molecule has 0 bridgehead atoms. The maximum Gasteiger partial charge on any atom is 0.254 e. The van der Waals surface area contributed by atoms with Crippen LogP contribution in [0.15, 0.2) is 48.5 Å². The Morgan fingerprint density at radius 2 is 1.85 bits per heavy atom. The molecule has 2 aromatic carbocycles. The topological polar surface area (TPSA) is 75.4 Å². The Morgan fingerprint density at radius 3 is 2.52 bits per heavy atom. The minimum absolute atomic E-state index is 0.0268. The first kappa shape index (κ1) is 19.3. The van der Waals surface area contributed by atoms with Crippen LogP contribution in [0.3, 0.4) is 0 Å². The van der Waals surface area contributed by atoms with Crippen LogP contribution >= 0.6 is 11.6 Å². The van der Waals surface area contributed by atoms with Crippen LogP contribution < -0.4 is 11.1 Å². The summed E-state index contributed by atoms with van der Waals surface area (Å²) in [6.07, 6.45) is 1.18. The molecule has 0 aromatic heterocycles. The molecule has 142 valence electrons. The van der Waals surface area contributed by atoms with Gasteiger partial charge in [0.1, 0.15) is 11.9 Å². The number of piperidine rings is 1. The number of likely N-dealkylation sites (tertiary alicyclic amines) is 1. The lowest BCUT2D eigenvalue weighted by molar-refractivity contribution is -0.133. The normalized spacial score (nSPS) is 16.0. The van der Waals surface area contributed by atoms with Crippen LogP contribution in [-0.2, 0) is 4.79 Å². The van der Waals surface area contributed by atoms with E-state index in [1.54, 1.807) is 41.3 Å². The third-order valence-electron chi connectivity index (χ3n) is 4.73. The van der Waals surface area contributed by atoms with Gasteiger partial charge in [-0.1, -0.05) is 35.9 Å². The smallest absolute Gasteiger partial charge is 0.254 e. The standard InChI is InChI=1S/C20H21ClFN3O2/c21-14-5-3-4-13(12-14)18(23)20(27)25-10-8-15(9-11-25)24-19(26)16-6-1-2-7-17(16)22/h1-7,12,15,18H,8-11,23H2,(H,24,26)/t18-/m0/s1. The first-order valence-electron chi connectivity index (χ1n) is 8.81. The molecule has 1 atom stereocenters. The number of nitrogens with one attached hydrogen (secondary N) is 1. The highest BCUT2D eigenvalue weighted by molar-refractivity contribution is 6.30. The number of carbonyl (C=O) groups is 2. The van der Waals surface area contributed by atoms with E-state index in [9.17, 15) is 14.0 Å². The van der Waals surface area contributed by atoms with Crippen LogP contribution in [0.1, 0.15) is 34.8 Å². The lowest BCUT2D eigenvalue weighted by Gasteiger charge is -2.34. The SMILES string of the molecule is N[C@H](C(=O)N1CCC(NC(=O)c2ccccc2F)CC1)c1cccc(Cl)c1. The molecule has 0 radical (unpaired) electrons. The zero-order valence-corrected chi connectivity index (χ0v) is 15.5. The Kier molecular flexibility index (Phi) is 6.08. The zero-order valence-electron chi connectivity index (χ0n) is 14.7. The summed E-state index contributed by atoms with van der Waals surface area (Å²) in [6, 6.07) is 11.9. The van der Waals surface area contributed by atoms with E-state index in [-0.39, 0.29) is 17.5 Å². The van der Waals surface area contributed by atoms with Crippen molar-refractivity contribution in [2.24, 2.45) is 5.73 Å². The van der Waals surface area contributed by atoms with Gasteiger partial charge in [0.05, 0.1) is 5.56 Å². The first-order chi connectivity index (χ1) is 13.0. The summed E-state index contributed by atoms with van der Waals surface area (Å²) in [6.45, 7) is 0.963. The number of hydrogen-bond donors (Lipinski definition) is 2. The summed E-state index contributed by atoms with van der Waals surface area (Å²) in [4.78, 5) is 26.5. The molecule has 2 aromatic rings. The van der Waals surface area contributed by atoms with E-state index in [0.717, 1.165) is 0 Å². The molecule has 3 rings (SSSR count). The highest BCUT2D eigenvalue weighted by Crippen LogP contribution is 2.20. The van der Waals surface area contributed by atoms with Crippen molar-refractivity contribution in [3.63, 3.8) is 0 Å². The fourth-order valence-electron chi connectivity index (χ4n) is 3.19. The maximum absolute atomic E-state index is 13.7. The van der Waals surface area contributed by atoms with E-state index < -0.39 is 17.8 Å². The number of nitrogens with zero attached hydrogens (tertiary/aromatic N) is 1. The number of nitrogens with two attached hydrogens (primary N) is 1. The van der Waals surface area contributed by atoms with Crippen molar-refractivity contribution in [1.29, 1.82) is 0 Å². The van der Waals surface area contributed by atoms with Crippen molar-refractivity contribution in [2.75, 3.05) is 13.1 Å². The maximum atomic E-state index is 13.7. The highest BCUT2D eigenvalue weighted by atomic mass is 35.5. The molecule has 5 nitrogen and oxygen atoms in total. The predicted molar refractivity (Wildman–Crippen MR) is 102 cm³/mol. The molecule has 3 N–H and O–H groups in total. The second kappa shape index (κ2) is 8.50. The van der Waals surface area contributed by atoms with E-state index in [0.29, 0.717) is 36.5 Å². The number of amides is 2. The van der Waals surface area contributed by atoms with Crippen LogP contribution in [-0.4, -0.2) is 35.8 Å². The monoisotopic (exact) mass is 389 g/mol. The van der Waals surface area contributed by atoms with Crippen molar-refractivity contribution in [2.45, 2.75) is 24.9 Å². The Balaban J connectivity index is 1.55. The molecule has 0 aliphatic carbocycles.